The number of hydrogen-bond donors (Lipinski definition) is 1. The molecule has 1 aliphatic carbocycles. The maximum absolute atomic E-state index is 13.8. The van der Waals surface area contributed by atoms with E-state index in [0.29, 0.717) is 0 Å². The van der Waals surface area contributed by atoms with E-state index in [1.165, 1.54) is 12.1 Å². The molecule has 0 spiro atoms. The van der Waals surface area contributed by atoms with E-state index in [1.807, 2.05) is 0 Å². The maximum Gasteiger partial charge on any atom is 0.227 e. The molecule has 0 saturated heterocycles. The van der Waals surface area contributed by atoms with E-state index in [9.17, 15) is 9.18 Å². The SMILES string of the molecule is NC(=S)CN(C(=O)Cc1c(F)cccc1Cl)C1CCCC1. The molecule has 0 bridgehead atoms. The third kappa shape index (κ3) is 4.14. The summed E-state index contributed by atoms with van der Waals surface area (Å²) in [6.45, 7) is 0.241. The molecule has 114 valence electrons. The molecule has 0 unspecified atom stereocenters. The van der Waals surface area contributed by atoms with Crippen LogP contribution in [0.25, 0.3) is 0 Å². The lowest BCUT2D eigenvalue weighted by atomic mass is 10.1. The Balaban J connectivity index is 2.16. The zero-order valence-corrected chi connectivity index (χ0v) is 13.2. The minimum Gasteiger partial charge on any atom is -0.392 e. The standard InChI is InChI=1S/C15H18ClFN2OS/c16-12-6-3-7-13(17)11(12)8-15(20)19(9-14(18)21)10-4-1-2-5-10/h3,6-7,10H,1-2,4-5,8-9H2,(H2,18,21). The van der Waals surface area contributed by atoms with Gasteiger partial charge in [0.1, 0.15) is 5.82 Å². The summed E-state index contributed by atoms with van der Waals surface area (Å²) in [5, 5.41) is 0.269. The fourth-order valence-corrected chi connectivity index (χ4v) is 3.13. The van der Waals surface area contributed by atoms with Crippen molar-refractivity contribution in [2.75, 3.05) is 6.54 Å². The molecule has 1 amide bonds. The molecule has 0 heterocycles. The summed E-state index contributed by atoms with van der Waals surface area (Å²) in [5.74, 6) is -0.640. The quantitative estimate of drug-likeness (QED) is 0.845. The first kappa shape index (κ1) is 16.2. The highest BCUT2D eigenvalue weighted by atomic mass is 35.5. The van der Waals surface area contributed by atoms with Crippen molar-refractivity contribution in [1.82, 2.24) is 4.90 Å². The second-order valence-electron chi connectivity index (χ2n) is 5.30. The fourth-order valence-electron chi connectivity index (χ4n) is 2.76. The van der Waals surface area contributed by atoms with Crippen LogP contribution in [0.15, 0.2) is 18.2 Å². The van der Waals surface area contributed by atoms with Gasteiger partial charge in [-0.25, -0.2) is 4.39 Å². The van der Waals surface area contributed by atoms with Crippen LogP contribution in [-0.4, -0.2) is 28.4 Å². The zero-order chi connectivity index (χ0) is 15.4. The lowest BCUT2D eigenvalue weighted by molar-refractivity contribution is -0.131. The number of amides is 1. The van der Waals surface area contributed by atoms with Crippen LogP contribution in [0.3, 0.4) is 0 Å². The van der Waals surface area contributed by atoms with E-state index in [4.69, 9.17) is 29.6 Å². The molecule has 1 saturated carbocycles. The Morgan fingerprint density at radius 1 is 1.43 bits per heavy atom. The molecule has 1 aromatic rings. The van der Waals surface area contributed by atoms with Gasteiger partial charge in [-0.3, -0.25) is 4.79 Å². The van der Waals surface area contributed by atoms with Crippen molar-refractivity contribution in [3.05, 3.63) is 34.6 Å². The molecule has 2 rings (SSSR count). The number of thiocarbonyl (C=S) groups is 1. The number of nitrogens with zero attached hydrogens (tertiary/aromatic N) is 1. The molecule has 0 atom stereocenters. The average molecular weight is 329 g/mol. The number of rotatable bonds is 5. The summed E-state index contributed by atoms with van der Waals surface area (Å²) >= 11 is 10.9. The molecule has 3 nitrogen and oxygen atoms in total. The summed E-state index contributed by atoms with van der Waals surface area (Å²) in [4.78, 5) is 14.5. The first-order chi connectivity index (χ1) is 9.99. The van der Waals surface area contributed by atoms with E-state index in [0.717, 1.165) is 25.7 Å². The molecule has 1 aromatic carbocycles. The van der Waals surface area contributed by atoms with Crippen molar-refractivity contribution in [3.8, 4) is 0 Å². The van der Waals surface area contributed by atoms with Gasteiger partial charge in [0, 0.05) is 16.6 Å². The Hall–Kier alpha value is -1.20. The average Bonchev–Trinajstić information content (AvgIpc) is 2.93. The minimum absolute atomic E-state index is 0.0649. The van der Waals surface area contributed by atoms with Gasteiger partial charge in [0.15, 0.2) is 0 Å². The summed E-state index contributed by atoms with van der Waals surface area (Å²) in [5.41, 5.74) is 5.82. The highest BCUT2D eigenvalue weighted by molar-refractivity contribution is 7.80. The number of halogens is 2. The first-order valence-electron chi connectivity index (χ1n) is 6.99. The number of carbonyl (C=O) groups excluding carboxylic acids is 1. The van der Waals surface area contributed by atoms with Gasteiger partial charge in [-0.15, -0.1) is 0 Å². The van der Waals surface area contributed by atoms with Crippen molar-refractivity contribution in [3.63, 3.8) is 0 Å². The van der Waals surface area contributed by atoms with E-state index >= 15 is 0 Å². The summed E-state index contributed by atoms with van der Waals surface area (Å²) in [6, 6.07) is 4.56. The van der Waals surface area contributed by atoms with Gasteiger partial charge in [-0.1, -0.05) is 42.7 Å². The Morgan fingerprint density at radius 3 is 2.67 bits per heavy atom. The minimum atomic E-state index is -0.461. The van der Waals surface area contributed by atoms with E-state index in [-0.39, 0.29) is 40.5 Å². The van der Waals surface area contributed by atoms with Crippen molar-refractivity contribution in [2.45, 2.75) is 38.1 Å². The zero-order valence-electron chi connectivity index (χ0n) is 11.6. The van der Waals surface area contributed by atoms with E-state index < -0.39 is 5.82 Å². The van der Waals surface area contributed by atoms with Gasteiger partial charge in [0.25, 0.3) is 0 Å². The first-order valence-corrected chi connectivity index (χ1v) is 7.78. The number of benzene rings is 1. The third-order valence-electron chi connectivity index (χ3n) is 3.80. The Kier molecular flexibility index (Phi) is 5.53. The van der Waals surface area contributed by atoms with Gasteiger partial charge in [-0.05, 0) is 25.0 Å². The number of hydrogen-bond acceptors (Lipinski definition) is 2. The largest absolute Gasteiger partial charge is 0.392 e. The Bertz CT molecular complexity index is 526. The van der Waals surface area contributed by atoms with Gasteiger partial charge < -0.3 is 10.6 Å². The van der Waals surface area contributed by atoms with Crippen LogP contribution in [0.4, 0.5) is 4.39 Å². The molecule has 0 aromatic heterocycles. The molecular weight excluding hydrogens is 311 g/mol. The molecule has 0 aliphatic heterocycles. The summed E-state index contributed by atoms with van der Waals surface area (Å²) < 4.78 is 13.8. The van der Waals surface area contributed by atoms with Crippen LogP contribution in [0.1, 0.15) is 31.2 Å². The maximum atomic E-state index is 13.8. The predicted molar refractivity (Wildman–Crippen MR) is 85.9 cm³/mol. The van der Waals surface area contributed by atoms with Crippen LogP contribution in [0.5, 0.6) is 0 Å². The van der Waals surface area contributed by atoms with Crippen molar-refractivity contribution >= 4 is 34.7 Å². The van der Waals surface area contributed by atoms with E-state index in [1.54, 1.807) is 11.0 Å². The lowest BCUT2D eigenvalue weighted by Gasteiger charge is -2.29. The summed E-state index contributed by atoms with van der Waals surface area (Å²) in [6.07, 6.45) is 4.00. The Labute approximate surface area is 134 Å². The van der Waals surface area contributed by atoms with Crippen molar-refractivity contribution in [2.24, 2.45) is 5.73 Å². The van der Waals surface area contributed by atoms with Crippen molar-refractivity contribution < 1.29 is 9.18 Å². The van der Waals surface area contributed by atoms with E-state index in [2.05, 4.69) is 0 Å². The van der Waals surface area contributed by atoms with Crippen molar-refractivity contribution in [1.29, 1.82) is 0 Å². The predicted octanol–water partition coefficient (Wildman–Crippen LogP) is 3.08. The highest BCUT2D eigenvalue weighted by Crippen LogP contribution is 2.25. The van der Waals surface area contributed by atoms with Crippen LogP contribution in [0, 0.1) is 5.82 Å². The second-order valence-corrected chi connectivity index (χ2v) is 6.23. The lowest BCUT2D eigenvalue weighted by Crippen LogP contribution is -2.44. The molecule has 6 heteroatoms. The summed E-state index contributed by atoms with van der Waals surface area (Å²) in [7, 11) is 0. The van der Waals surface area contributed by atoms with Gasteiger partial charge >= 0.3 is 0 Å². The molecule has 1 aliphatic rings. The van der Waals surface area contributed by atoms with Gasteiger partial charge in [0.05, 0.1) is 18.0 Å². The molecule has 1 fully saturated rings. The monoisotopic (exact) mass is 328 g/mol. The van der Waals surface area contributed by atoms with Gasteiger partial charge in [-0.2, -0.15) is 0 Å². The number of nitrogens with two attached hydrogens (primary N) is 1. The molecule has 0 radical (unpaired) electrons. The second kappa shape index (κ2) is 7.18. The topological polar surface area (TPSA) is 46.3 Å². The van der Waals surface area contributed by atoms with Crippen LogP contribution in [0.2, 0.25) is 5.02 Å². The highest BCUT2D eigenvalue weighted by Gasteiger charge is 2.27. The fraction of sp³-hybridized carbons (Fsp3) is 0.467. The number of carbonyl (C=O) groups is 1. The van der Waals surface area contributed by atoms with Crippen LogP contribution < -0.4 is 5.73 Å². The molecule has 2 N–H and O–H groups in total. The smallest absolute Gasteiger partial charge is 0.227 e. The third-order valence-corrected chi connectivity index (χ3v) is 4.28. The van der Waals surface area contributed by atoms with Crippen LogP contribution in [-0.2, 0) is 11.2 Å². The normalized spacial score (nSPS) is 15.1. The van der Waals surface area contributed by atoms with Crippen LogP contribution >= 0.6 is 23.8 Å². The molecule has 21 heavy (non-hydrogen) atoms. The van der Waals surface area contributed by atoms with Gasteiger partial charge in [0.2, 0.25) is 5.91 Å². The molecular formula is C15H18ClFN2OS. The Morgan fingerprint density at radius 2 is 2.10 bits per heavy atom.